The van der Waals surface area contributed by atoms with E-state index in [0.29, 0.717) is 17.2 Å². The highest BCUT2D eigenvalue weighted by Crippen LogP contribution is 2.47. The highest BCUT2D eigenvalue weighted by atomic mass is 16.3. The molecule has 0 aromatic heterocycles. The second-order valence-corrected chi connectivity index (χ2v) is 19.6. The summed E-state index contributed by atoms with van der Waals surface area (Å²) in [5.74, 6) is 1.40. The lowest BCUT2D eigenvalue weighted by atomic mass is 9.72. The molecular formula is C50H78O3. The first-order valence-corrected chi connectivity index (χ1v) is 21.2. The maximum Gasteiger partial charge on any atom is 0.119 e. The molecule has 3 aromatic carbocycles. The van der Waals surface area contributed by atoms with Gasteiger partial charge in [-0.3, -0.25) is 0 Å². The van der Waals surface area contributed by atoms with Gasteiger partial charge < -0.3 is 15.3 Å². The molecule has 0 radical (unpaired) electrons. The molecule has 0 amide bonds. The molecule has 53 heavy (non-hydrogen) atoms. The second-order valence-electron chi connectivity index (χ2n) is 19.6. The Hall–Kier alpha value is -2.94. The van der Waals surface area contributed by atoms with Crippen LogP contribution < -0.4 is 0 Å². The molecule has 0 heterocycles. The summed E-state index contributed by atoms with van der Waals surface area (Å²) in [6, 6.07) is 12.8. The fourth-order valence-electron chi connectivity index (χ4n) is 8.46. The minimum Gasteiger partial charge on any atom is -0.508 e. The summed E-state index contributed by atoms with van der Waals surface area (Å²) in [7, 11) is 0. The van der Waals surface area contributed by atoms with Gasteiger partial charge in [-0.1, -0.05) is 164 Å². The zero-order valence-electron chi connectivity index (χ0n) is 36.4. The van der Waals surface area contributed by atoms with Gasteiger partial charge in [0.15, 0.2) is 0 Å². The van der Waals surface area contributed by atoms with E-state index in [4.69, 9.17) is 0 Å². The summed E-state index contributed by atoms with van der Waals surface area (Å²) in [6.07, 6.45) is 17.9. The molecule has 0 aliphatic rings. The Kier molecular flexibility index (Phi) is 16.0. The number of rotatable bonds is 18. The monoisotopic (exact) mass is 727 g/mol. The molecule has 3 N–H and O–H groups in total. The van der Waals surface area contributed by atoms with Crippen LogP contribution in [0.25, 0.3) is 0 Å². The minimum atomic E-state index is -0.221. The molecule has 0 saturated carbocycles. The van der Waals surface area contributed by atoms with Crippen LogP contribution in [-0.2, 0) is 16.2 Å². The van der Waals surface area contributed by atoms with Crippen LogP contribution in [0.15, 0.2) is 36.4 Å². The Morgan fingerprint density at radius 3 is 1.08 bits per heavy atom. The predicted molar refractivity (Wildman–Crippen MR) is 230 cm³/mol. The van der Waals surface area contributed by atoms with E-state index in [2.05, 4.69) is 108 Å². The van der Waals surface area contributed by atoms with E-state index in [-0.39, 0.29) is 28.1 Å². The highest BCUT2D eigenvalue weighted by molar-refractivity contribution is 5.53. The van der Waals surface area contributed by atoms with Crippen molar-refractivity contribution in [2.45, 2.75) is 208 Å². The van der Waals surface area contributed by atoms with Crippen molar-refractivity contribution >= 4 is 0 Å². The Bertz CT molecular complexity index is 1540. The number of aromatic hydroxyl groups is 3. The molecule has 1 unspecified atom stereocenters. The molecule has 3 heteroatoms. The smallest absolute Gasteiger partial charge is 0.119 e. The number of phenolic OH excluding ortho intramolecular Hbond substituents is 3. The van der Waals surface area contributed by atoms with Gasteiger partial charge in [-0.15, -0.1) is 0 Å². The molecular weight excluding hydrogens is 649 g/mol. The summed E-state index contributed by atoms with van der Waals surface area (Å²) < 4.78 is 0. The van der Waals surface area contributed by atoms with Gasteiger partial charge in [0.05, 0.1) is 0 Å². The summed E-state index contributed by atoms with van der Waals surface area (Å²) in [4.78, 5) is 0. The average Bonchev–Trinajstić information content (AvgIpc) is 3.02. The molecule has 0 bridgehead atoms. The van der Waals surface area contributed by atoms with Crippen molar-refractivity contribution in [1.82, 2.24) is 0 Å². The number of unbranched alkanes of at least 4 members (excludes halogenated alkanes) is 11. The molecule has 0 spiro atoms. The number of hydrogen-bond donors (Lipinski definition) is 3. The molecule has 296 valence electrons. The van der Waals surface area contributed by atoms with Crippen LogP contribution in [0.5, 0.6) is 17.2 Å². The number of aryl methyl sites for hydroxylation is 3. The van der Waals surface area contributed by atoms with Gasteiger partial charge >= 0.3 is 0 Å². The van der Waals surface area contributed by atoms with E-state index in [1.807, 2.05) is 18.2 Å². The van der Waals surface area contributed by atoms with Gasteiger partial charge in [0.1, 0.15) is 17.2 Å². The van der Waals surface area contributed by atoms with Crippen LogP contribution in [0.4, 0.5) is 0 Å². The molecule has 3 nitrogen and oxygen atoms in total. The molecule has 1 atom stereocenters. The summed E-state index contributed by atoms with van der Waals surface area (Å²) in [5.41, 5.74) is 9.45. The molecule has 0 saturated heterocycles. The molecule has 0 aliphatic heterocycles. The van der Waals surface area contributed by atoms with Crippen LogP contribution in [0, 0.1) is 20.8 Å². The normalized spacial score (nSPS) is 13.2. The summed E-state index contributed by atoms with van der Waals surface area (Å²) in [5, 5.41) is 33.5. The van der Waals surface area contributed by atoms with Crippen LogP contribution >= 0.6 is 0 Å². The largest absolute Gasteiger partial charge is 0.508 e. The van der Waals surface area contributed by atoms with E-state index in [9.17, 15) is 15.3 Å². The quantitative estimate of drug-likeness (QED) is 0.114. The van der Waals surface area contributed by atoms with Crippen molar-refractivity contribution in [2.75, 3.05) is 0 Å². The van der Waals surface area contributed by atoms with Gasteiger partial charge in [0, 0.05) is 5.92 Å². The average molecular weight is 727 g/mol. The van der Waals surface area contributed by atoms with Crippen molar-refractivity contribution < 1.29 is 15.3 Å². The van der Waals surface area contributed by atoms with E-state index >= 15 is 0 Å². The van der Waals surface area contributed by atoms with E-state index < -0.39 is 0 Å². The molecule has 0 aliphatic carbocycles. The lowest BCUT2D eigenvalue weighted by Crippen LogP contribution is -2.18. The first-order valence-electron chi connectivity index (χ1n) is 21.2. The Morgan fingerprint density at radius 2 is 0.736 bits per heavy atom. The fraction of sp³-hybridized carbons (Fsp3) is 0.640. The molecule has 0 fully saturated rings. The fourth-order valence-corrected chi connectivity index (χ4v) is 8.46. The van der Waals surface area contributed by atoms with Crippen LogP contribution in [0.1, 0.15) is 221 Å². The van der Waals surface area contributed by atoms with Crippen molar-refractivity contribution in [3.8, 4) is 17.2 Å². The van der Waals surface area contributed by atoms with E-state index in [1.165, 1.54) is 93.7 Å². The number of benzene rings is 3. The first kappa shape index (κ1) is 44.5. The Morgan fingerprint density at radius 1 is 0.434 bits per heavy atom. The minimum absolute atomic E-state index is 0.0482. The zero-order chi connectivity index (χ0) is 39.7. The van der Waals surface area contributed by atoms with Crippen molar-refractivity contribution in [3.63, 3.8) is 0 Å². The maximum atomic E-state index is 11.2. The van der Waals surface area contributed by atoms with Crippen LogP contribution in [0.3, 0.4) is 0 Å². The van der Waals surface area contributed by atoms with E-state index in [0.717, 1.165) is 46.2 Å². The standard InChI is InChI=1S/C50H78O3/c1-14-15-16-17-18-19-20-21-22-23-24-25-26-37(38-31-42(48(5,6)7)45(51)27-34(38)2)30-41(39-32-43(49(8,9)10)46(52)28-35(39)3)40-33-44(50(11,12)13)47(53)29-36(40)4/h27-29,31-33,37,41,51-53H,14-26,30H2,1-13H3. The third-order valence-electron chi connectivity index (χ3n) is 11.7. The zero-order valence-corrected chi connectivity index (χ0v) is 36.4. The van der Waals surface area contributed by atoms with Crippen molar-refractivity contribution in [1.29, 1.82) is 0 Å². The lowest BCUT2D eigenvalue weighted by molar-refractivity contribution is 0.441. The van der Waals surface area contributed by atoms with E-state index in [1.54, 1.807) is 0 Å². The van der Waals surface area contributed by atoms with Gasteiger partial charge in [-0.25, -0.2) is 0 Å². The van der Waals surface area contributed by atoms with Gasteiger partial charge in [0.25, 0.3) is 0 Å². The Balaban J connectivity index is 2.07. The topological polar surface area (TPSA) is 60.7 Å². The maximum absolute atomic E-state index is 11.2. The number of hydrogen-bond acceptors (Lipinski definition) is 3. The highest BCUT2D eigenvalue weighted by Gasteiger charge is 2.31. The third-order valence-corrected chi connectivity index (χ3v) is 11.7. The second kappa shape index (κ2) is 19.1. The van der Waals surface area contributed by atoms with Gasteiger partial charge in [-0.05, 0) is 124 Å². The SMILES string of the molecule is CCCCCCCCCCCCCCC(CC(c1cc(C(C)(C)C)c(O)cc1C)c1cc(C(C)(C)C)c(O)cc1C)c1cc(C(C)(C)C)c(O)cc1C. The predicted octanol–water partition coefficient (Wildman–Crippen LogP) is 15.0. The van der Waals surface area contributed by atoms with Crippen LogP contribution in [0.2, 0.25) is 0 Å². The summed E-state index contributed by atoms with van der Waals surface area (Å²) >= 11 is 0. The third kappa shape index (κ3) is 12.5. The number of phenols is 3. The van der Waals surface area contributed by atoms with Gasteiger partial charge in [-0.2, -0.15) is 0 Å². The van der Waals surface area contributed by atoms with Crippen molar-refractivity contribution in [3.05, 3.63) is 86.5 Å². The lowest BCUT2D eigenvalue weighted by Gasteiger charge is -2.32. The van der Waals surface area contributed by atoms with Gasteiger partial charge in [0.2, 0.25) is 0 Å². The molecule has 3 aromatic rings. The van der Waals surface area contributed by atoms with Crippen LogP contribution in [-0.4, -0.2) is 15.3 Å². The first-order chi connectivity index (χ1) is 24.7. The molecule has 3 rings (SSSR count). The summed E-state index contributed by atoms with van der Waals surface area (Å²) in [6.45, 7) is 28.3. The Labute approximate surface area is 326 Å². The van der Waals surface area contributed by atoms with Crippen molar-refractivity contribution in [2.24, 2.45) is 0 Å².